The van der Waals surface area contributed by atoms with Gasteiger partial charge in [-0.2, -0.15) is 8.75 Å². The fraction of sp³-hybridized carbons (Fsp3) is 0.0556. The predicted octanol–water partition coefficient (Wildman–Crippen LogP) is 3.08. The number of nitrogens with zero attached hydrogens (tertiary/aromatic N) is 4. The Hall–Kier alpha value is -3.19. The number of fused-ring (bicyclic) bond motifs is 1. The van der Waals surface area contributed by atoms with Crippen LogP contribution < -0.4 is 5.32 Å². The number of hydrogen-bond donors (Lipinski definition) is 1. The molecule has 0 saturated heterocycles. The van der Waals surface area contributed by atoms with Crippen molar-refractivity contribution in [3.05, 3.63) is 72.2 Å². The molecule has 4 aromatic rings. The van der Waals surface area contributed by atoms with Crippen molar-refractivity contribution in [1.82, 2.24) is 24.0 Å². The lowest BCUT2D eigenvalue weighted by Crippen LogP contribution is -2.23. The van der Waals surface area contributed by atoms with Gasteiger partial charge in [-0.15, -0.1) is 0 Å². The van der Waals surface area contributed by atoms with E-state index in [-0.39, 0.29) is 5.91 Å². The summed E-state index contributed by atoms with van der Waals surface area (Å²) in [6.45, 7) is 0.387. The van der Waals surface area contributed by atoms with Gasteiger partial charge in [0.2, 0.25) is 0 Å². The van der Waals surface area contributed by atoms with Crippen LogP contribution in [0.2, 0.25) is 0 Å². The molecule has 0 bridgehead atoms. The molecular weight excluding hydrogens is 334 g/mol. The first-order valence-corrected chi connectivity index (χ1v) is 8.39. The molecule has 25 heavy (non-hydrogen) atoms. The summed E-state index contributed by atoms with van der Waals surface area (Å²) in [6.07, 6.45) is 5.19. The Labute approximate surface area is 147 Å². The maximum absolute atomic E-state index is 12.4. The van der Waals surface area contributed by atoms with E-state index in [1.54, 1.807) is 36.8 Å². The number of benzene rings is 1. The molecule has 0 aliphatic heterocycles. The summed E-state index contributed by atoms with van der Waals surface area (Å²) in [7, 11) is 0. The van der Waals surface area contributed by atoms with E-state index < -0.39 is 0 Å². The minimum absolute atomic E-state index is 0.153. The number of aromatic nitrogens is 4. The van der Waals surface area contributed by atoms with Crippen LogP contribution >= 0.6 is 11.7 Å². The maximum atomic E-state index is 12.4. The van der Waals surface area contributed by atoms with Crippen molar-refractivity contribution in [2.24, 2.45) is 0 Å². The van der Waals surface area contributed by atoms with Crippen LogP contribution in [0.5, 0.6) is 0 Å². The molecule has 1 amide bonds. The second-order valence-electron chi connectivity index (χ2n) is 5.40. The smallest absolute Gasteiger partial charge is 0.251 e. The number of carbonyl (C=O) groups is 1. The molecule has 0 aliphatic rings. The molecule has 0 atom stereocenters. The van der Waals surface area contributed by atoms with Crippen LogP contribution in [0.25, 0.3) is 22.3 Å². The number of amides is 1. The van der Waals surface area contributed by atoms with Gasteiger partial charge in [0.25, 0.3) is 5.91 Å². The Bertz CT molecular complexity index is 1030. The van der Waals surface area contributed by atoms with E-state index in [0.29, 0.717) is 12.1 Å². The van der Waals surface area contributed by atoms with Crippen LogP contribution in [0.15, 0.2) is 61.1 Å². The zero-order valence-corrected chi connectivity index (χ0v) is 13.9. The highest BCUT2D eigenvalue weighted by Gasteiger charge is 2.10. The van der Waals surface area contributed by atoms with Gasteiger partial charge in [-0.1, -0.05) is 6.07 Å². The number of hydrogen-bond acceptors (Lipinski definition) is 6. The topological polar surface area (TPSA) is 80.7 Å². The lowest BCUT2D eigenvalue weighted by Gasteiger charge is -2.10. The van der Waals surface area contributed by atoms with Crippen LogP contribution in [-0.2, 0) is 6.54 Å². The molecule has 6 nitrogen and oxygen atoms in total. The average Bonchev–Trinajstić information content (AvgIpc) is 3.15. The fourth-order valence-electron chi connectivity index (χ4n) is 2.55. The molecule has 7 heteroatoms. The van der Waals surface area contributed by atoms with Crippen molar-refractivity contribution in [2.45, 2.75) is 6.54 Å². The second-order valence-corrected chi connectivity index (χ2v) is 5.93. The lowest BCUT2D eigenvalue weighted by atomic mass is 10.1. The van der Waals surface area contributed by atoms with Crippen LogP contribution in [-0.4, -0.2) is 24.6 Å². The van der Waals surface area contributed by atoms with E-state index in [9.17, 15) is 4.79 Å². The monoisotopic (exact) mass is 347 g/mol. The van der Waals surface area contributed by atoms with E-state index in [0.717, 1.165) is 39.6 Å². The Morgan fingerprint density at radius 2 is 1.84 bits per heavy atom. The summed E-state index contributed by atoms with van der Waals surface area (Å²) in [6, 6.07) is 12.9. The van der Waals surface area contributed by atoms with Crippen molar-refractivity contribution in [3.8, 4) is 11.3 Å². The standard InChI is InChI=1S/C18H13N5OS/c24-18(13-3-4-15-16(10-13)23-25-22-15)21-11-14-2-1-7-20-17(14)12-5-8-19-9-6-12/h1-10H,11H2,(H,21,24). The highest BCUT2D eigenvalue weighted by molar-refractivity contribution is 7.00. The highest BCUT2D eigenvalue weighted by Crippen LogP contribution is 2.20. The van der Waals surface area contributed by atoms with Crippen LogP contribution in [0, 0.1) is 0 Å². The molecule has 0 aliphatic carbocycles. The van der Waals surface area contributed by atoms with E-state index >= 15 is 0 Å². The Morgan fingerprint density at radius 1 is 1.00 bits per heavy atom. The number of rotatable bonds is 4. The van der Waals surface area contributed by atoms with Crippen LogP contribution in [0.1, 0.15) is 15.9 Å². The van der Waals surface area contributed by atoms with Crippen LogP contribution in [0.4, 0.5) is 0 Å². The molecule has 0 spiro atoms. The molecule has 1 N–H and O–H groups in total. The fourth-order valence-corrected chi connectivity index (χ4v) is 3.07. The quantitative estimate of drug-likeness (QED) is 0.613. The summed E-state index contributed by atoms with van der Waals surface area (Å²) < 4.78 is 8.31. The van der Waals surface area contributed by atoms with Gasteiger partial charge in [0.05, 0.1) is 17.4 Å². The number of carbonyl (C=O) groups excluding carboxylic acids is 1. The lowest BCUT2D eigenvalue weighted by molar-refractivity contribution is 0.0951. The molecule has 0 radical (unpaired) electrons. The van der Waals surface area contributed by atoms with Gasteiger partial charge in [-0.3, -0.25) is 14.8 Å². The first kappa shape index (κ1) is 15.3. The van der Waals surface area contributed by atoms with Crippen LogP contribution in [0.3, 0.4) is 0 Å². The Kier molecular flexibility index (Phi) is 4.14. The summed E-state index contributed by atoms with van der Waals surface area (Å²) >= 11 is 1.14. The zero-order chi connectivity index (χ0) is 17.1. The largest absolute Gasteiger partial charge is 0.348 e. The molecule has 0 fully saturated rings. The van der Waals surface area contributed by atoms with Crippen molar-refractivity contribution < 1.29 is 4.79 Å². The Morgan fingerprint density at radius 3 is 2.72 bits per heavy atom. The predicted molar refractivity (Wildman–Crippen MR) is 96.1 cm³/mol. The van der Waals surface area contributed by atoms with Gasteiger partial charge in [0.15, 0.2) is 0 Å². The normalized spacial score (nSPS) is 10.7. The van der Waals surface area contributed by atoms with E-state index in [2.05, 4.69) is 24.0 Å². The SMILES string of the molecule is O=C(NCc1cccnc1-c1ccncc1)c1ccc2nsnc2c1. The molecular formula is C18H13N5OS. The molecule has 4 rings (SSSR count). The van der Waals surface area contributed by atoms with Crippen molar-refractivity contribution in [1.29, 1.82) is 0 Å². The van der Waals surface area contributed by atoms with Crippen molar-refractivity contribution in [2.75, 3.05) is 0 Å². The molecule has 0 unspecified atom stereocenters. The maximum Gasteiger partial charge on any atom is 0.251 e. The average molecular weight is 347 g/mol. The third kappa shape index (κ3) is 3.22. The van der Waals surface area contributed by atoms with Gasteiger partial charge < -0.3 is 5.32 Å². The second kappa shape index (κ2) is 6.74. The molecule has 3 aromatic heterocycles. The minimum atomic E-state index is -0.153. The number of pyridine rings is 2. The summed E-state index contributed by atoms with van der Waals surface area (Å²) in [5.74, 6) is -0.153. The van der Waals surface area contributed by atoms with Gasteiger partial charge in [0.1, 0.15) is 11.0 Å². The zero-order valence-electron chi connectivity index (χ0n) is 13.1. The highest BCUT2D eigenvalue weighted by atomic mass is 32.1. The third-order valence-electron chi connectivity index (χ3n) is 3.80. The third-order valence-corrected chi connectivity index (χ3v) is 4.36. The summed E-state index contributed by atoms with van der Waals surface area (Å²) in [5, 5.41) is 2.94. The molecule has 0 saturated carbocycles. The van der Waals surface area contributed by atoms with Crippen molar-refractivity contribution >= 4 is 28.7 Å². The van der Waals surface area contributed by atoms with Gasteiger partial charge >= 0.3 is 0 Å². The molecule has 1 aromatic carbocycles. The first-order valence-electron chi connectivity index (χ1n) is 7.66. The Balaban J connectivity index is 1.54. The summed E-state index contributed by atoms with van der Waals surface area (Å²) in [5.41, 5.74) is 4.84. The van der Waals surface area contributed by atoms with E-state index in [4.69, 9.17) is 0 Å². The van der Waals surface area contributed by atoms with Crippen molar-refractivity contribution in [3.63, 3.8) is 0 Å². The first-order chi connectivity index (χ1) is 12.3. The van der Waals surface area contributed by atoms with Gasteiger partial charge in [-0.05, 0) is 42.0 Å². The number of nitrogens with one attached hydrogen (secondary N) is 1. The van der Waals surface area contributed by atoms with E-state index in [1.165, 1.54) is 0 Å². The van der Waals surface area contributed by atoms with E-state index in [1.807, 2.05) is 24.3 Å². The van der Waals surface area contributed by atoms with Gasteiger partial charge in [0, 0.05) is 36.3 Å². The van der Waals surface area contributed by atoms with Gasteiger partial charge in [-0.25, -0.2) is 0 Å². The minimum Gasteiger partial charge on any atom is -0.348 e. The summed E-state index contributed by atoms with van der Waals surface area (Å²) in [4.78, 5) is 20.9. The molecule has 122 valence electrons. The molecule has 3 heterocycles.